The quantitative estimate of drug-likeness (QED) is 0.893. The Kier molecular flexibility index (Phi) is 4.57. The van der Waals surface area contributed by atoms with Gasteiger partial charge in [0, 0.05) is 23.5 Å². The van der Waals surface area contributed by atoms with Crippen LogP contribution in [0.4, 0.5) is 4.39 Å². The predicted molar refractivity (Wildman–Crippen MR) is 102 cm³/mol. The van der Waals surface area contributed by atoms with Gasteiger partial charge in [-0.2, -0.15) is 0 Å². The van der Waals surface area contributed by atoms with Crippen LogP contribution in [0.1, 0.15) is 32.4 Å². The number of nitrogens with zero attached hydrogens (tertiary/aromatic N) is 2. The van der Waals surface area contributed by atoms with E-state index in [1.807, 2.05) is 19.2 Å². The molecule has 1 aromatic carbocycles. The zero-order valence-electron chi connectivity index (χ0n) is 15.2. The van der Waals surface area contributed by atoms with Gasteiger partial charge in [0.1, 0.15) is 10.8 Å². The summed E-state index contributed by atoms with van der Waals surface area (Å²) in [4.78, 5) is 20.1. The van der Waals surface area contributed by atoms with Crippen molar-refractivity contribution >= 4 is 17.2 Å². The zero-order chi connectivity index (χ0) is 18.3. The molecule has 4 heterocycles. The van der Waals surface area contributed by atoms with E-state index >= 15 is 0 Å². The highest BCUT2D eigenvalue weighted by Gasteiger charge is 2.39. The standard InChI is InChI=1S/C20H24FN3OS/c1-20(2,19(25)22-16-11-24-9-7-13(16)8-10-24)17-12-26-18(23-17)14-3-5-15(21)6-4-14/h3-6,12-13,16H,7-11H2,1-2H3,(H,22,25)/t16-/m1/s1. The maximum absolute atomic E-state index is 13.1. The summed E-state index contributed by atoms with van der Waals surface area (Å²) in [6.07, 6.45) is 2.35. The van der Waals surface area contributed by atoms with E-state index in [1.54, 1.807) is 12.1 Å². The van der Waals surface area contributed by atoms with Gasteiger partial charge < -0.3 is 10.2 Å². The maximum atomic E-state index is 13.1. The van der Waals surface area contributed by atoms with Crippen molar-refractivity contribution in [3.63, 3.8) is 0 Å². The van der Waals surface area contributed by atoms with Crippen LogP contribution in [0.15, 0.2) is 29.6 Å². The Morgan fingerprint density at radius 3 is 2.58 bits per heavy atom. The molecule has 0 radical (unpaired) electrons. The molecule has 0 unspecified atom stereocenters. The lowest BCUT2D eigenvalue weighted by Crippen LogP contribution is -2.59. The Balaban J connectivity index is 1.49. The molecule has 4 nitrogen and oxygen atoms in total. The van der Waals surface area contributed by atoms with E-state index in [0.29, 0.717) is 5.92 Å². The van der Waals surface area contributed by atoms with E-state index in [9.17, 15) is 9.18 Å². The predicted octanol–water partition coefficient (Wildman–Crippen LogP) is 3.44. The molecule has 3 aliphatic heterocycles. The molecule has 2 aromatic rings. The molecule has 5 rings (SSSR count). The van der Waals surface area contributed by atoms with Gasteiger partial charge in [0.15, 0.2) is 0 Å². The first-order valence-corrected chi connectivity index (χ1v) is 10.1. The van der Waals surface area contributed by atoms with E-state index < -0.39 is 5.41 Å². The topological polar surface area (TPSA) is 45.2 Å². The van der Waals surface area contributed by atoms with Gasteiger partial charge in [0.05, 0.1) is 11.1 Å². The van der Waals surface area contributed by atoms with Gasteiger partial charge in [-0.1, -0.05) is 0 Å². The van der Waals surface area contributed by atoms with Crippen molar-refractivity contribution in [2.24, 2.45) is 5.92 Å². The molecule has 3 aliphatic rings. The average molecular weight is 373 g/mol. The van der Waals surface area contributed by atoms with Gasteiger partial charge in [0.25, 0.3) is 0 Å². The Labute approximate surface area is 157 Å². The molecule has 0 aliphatic carbocycles. The second-order valence-electron chi connectivity index (χ2n) is 7.89. The molecular weight excluding hydrogens is 349 g/mol. The molecule has 0 saturated carbocycles. The first kappa shape index (κ1) is 17.6. The van der Waals surface area contributed by atoms with Crippen LogP contribution < -0.4 is 5.32 Å². The minimum Gasteiger partial charge on any atom is -0.351 e. The zero-order valence-corrected chi connectivity index (χ0v) is 16.0. The molecule has 6 heteroatoms. The SMILES string of the molecule is CC(C)(C(=O)N[C@@H]1CN2CCC1CC2)c1csc(-c2ccc(F)cc2)n1. The minimum atomic E-state index is -0.694. The molecular formula is C20H24FN3OS. The fraction of sp³-hybridized carbons (Fsp3) is 0.500. The fourth-order valence-electron chi connectivity index (χ4n) is 3.88. The Hall–Kier alpha value is -1.79. The number of benzene rings is 1. The lowest BCUT2D eigenvalue weighted by atomic mass is 9.82. The number of halogens is 1. The monoisotopic (exact) mass is 373 g/mol. The molecule has 2 bridgehead atoms. The van der Waals surface area contributed by atoms with Crippen LogP contribution in [-0.4, -0.2) is 41.5 Å². The number of aromatic nitrogens is 1. The van der Waals surface area contributed by atoms with Gasteiger partial charge in [-0.15, -0.1) is 11.3 Å². The number of piperidine rings is 3. The van der Waals surface area contributed by atoms with Gasteiger partial charge in [-0.25, -0.2) is 9.37 Å². The van der Waals surface area contributed by atoms with Gasteiger partial charge >= 0.3 is 0 Å². The van der Waals surface area contributed by atoms with Crippen molar-refractivity contribution in [1.29, 1.82) is 0 Å². The second kappa shape index (κ2) is 6.74. The van der Waals surface area contributed by atoms with E-state index in [4.69, 9.17) is 0 Å². The summed E-state index contributed by atoms with van der Waals surface area (Å²) in [6.45, 7) is 7.13. The van der Waals surface area contributed by atoms with Crippen molar-refractivity contribution in [1.82, 2.24) is 15.2 Å². The highest BCUT2D eigenvalue weighted by atomic mass is 32.1. The lowest BCUT2D eigenvalue weighted by molar-refractivity contribution is -0.127. The molecule has 1 aromatic heterocycles. The van der Waals surface area contributed by atoms with Crippen LogP contribution in [0, 0.1) is 11.7 Å². The molecule has 3 saturated heterocycles. The number of hydrogen-bond acceptors (Lipinski definition) is 4. The van der Waals surface area contributed by atoms with Crippen LogP contribution in [0.3, 0.4) is 0 Å². The van der Waals surface area contributed by atoms with Crippen LogP contribution in [0.5, 0.6) is 0 Å². The van der Waals surface area contributed by atoms with Crippen LogP contribution in [0.2, 0.25) is 0 Å². The van der Waals surface area contributed by atoms with E-state index in [-0.39, 0.29) is 17.8 Å². The summed E-state index contributed by atoms with van der Waals surface area (Å²) < 4.78 is 13.1. The summed E-state index contributed by atoms with van der Waals surface area (Å²) in [5.41, 5.74) is 0.942. The van der Waals surface area contributed by atoms with Crippen molar-refractivity contribution in [3.05, 3.63) is 41.2 Å². The van der Waals surface area contributed by atoms with Crippen molar-refractivity contribution < 1.29 is 9.18 Å². The summed E-state index contributed by atoms with van der Waals surface area (Å²) in [5.74, 6) is 0.375. The highest BCUT2D eigenvalue weighted by Crippen LogP contribution is 2.32. The van der Waals surface area contributed by atoms with Gasteiger partial charge in [-0.3, -0.25) is 4.79 Å². The molecule has 138 valence electrons. The molecule has 1 N–H and O–H groups in total. The number of thiazole rings is 1. The van der Waals surface area contributed by atoms with Crippen molar-refractivity contribution in [2.75, 3.05) is 19.6 Å². The number of amides is 1. The summed E-state index contributed by atoms with van der Waals surface area (Å²) in [5, 5.41) is 6.03. The fourth-order valence-corrected chi connectivity index (χ4v) is 4.87. The van der Waals surface area contributed by atoms with Crippen LogP contribution in [0.25, 0.3) is 10.6 Å². The number of fused-ring (bicyclic) bond motifs is 3. The first-order valence-electron chi connectivity index (χ1n) is 9.19. The molecule has 3 fully saturated rings. The molecule has 1 atom stereocenters. The number of carbonyl (C=O) groups is 1. The third-order valence-corrected chi connectivity index (χ3v) is 6.67. The number of hydrogen-bond donors (Lipinski definition) is 1. The van der Waals surface area contributed by atoms with Crippen LogP contribution in [-0.2, 0) is 10.2 Å². The maximum Gasteiger partial charge on any atom is 0.231 e. The lowest BCUT2D eigenvalue weighted by Gasteiger charge is -2.45. The van der Waals surface area contributed by atoms with Crippen LogP contribution >= 0.6 is 11.3 Å². The van der Waals surface area contributed by atoms with Crippen molar-refractivity contribution in [2.45, 2.75) is 38.1 Å². The smallest absolute Gasteiger partial charge is 0.231 e. The Morgan fingerprint density at radius 2 is 1.96 bits per heavy atom. The number of nitrogens with one attached hydrogen (secondary N) is 1. The van der Waals surface area contributed by atoms with E-state index in [2.05, 4.69) is 15.2 Å². The van der Waals surface area contributed by atoms with Gasteiger partial charge in [-0.05, 0) is 70.0 Å². The minimum absolute atomic E-state index is 0.0345. The summed E-state index contributed by atoms with van der Waals surface area (Å²) in [6, 6.07) is 6.55. The summed E-state index contributed by atoms with van der Waals surface area (Å²) in [7, 11) is 0. The normalized spacial score (nSPS) is 25.3. The Morgan fingerprint density at radius 1 is 1.27 bits per heavy atom. The molecule has 0 spiro atoms. The Bertz CT molecular complexity index is 794. The molecule has 1 amide bonds. The average Bonchev–Trinajstić information content (AvgIpc) is 3.14. The van der Waals surface area contributed by atoms with Gasteiger partial charge in [0.2, 0.25) is 5.91 Å². The largest absolute Gasteiger partial charge is 0.351 e. The number of carbonyl (C=O) groups excluding carboxylic acids is 1. The third-order valence-electron chi connectivity index (χ3n) is 5.78. The van der Waals surface area contributed by atoms with E-state index in [0.717, 1.165) is 35.9 Å². The van der Waals surface area contributed by atoms with Crippen molar-refractivity contribution in [3.8, 4) is 10.6 Å². The summed E-state index contributed by atoms with van der Waals surface area (Å²) >= 11 is 1.49. The third kappa shape index (κ3) is 3.28. The molecule has 26 heavy (non-hydrogen) atoms. The first-order chi connectivity index (χ1) is 12.4. The van der Waals surface area contributed by atoms with E-state index in [1.165, 1.54) is 36.3 Å². The second-order valence-corrected chi connectivity index (χ2v) is 8.75. The highest BCUT2D eigenvalue weighted by molar-refractivity contribution is 7.13. The number of rotatable bonds is 4.